The Morgan fingerprint density at radius 1 is 0.960 bits per heavy atom. The predicted molar refractivity (Wildman–Crippen MR) is 97.9 cm³/mol. The number of rotatable bonds is 3. The second-order valence-corrected chi connectivity index (χ2v) is 6.56. The number of fused-ring (bicyclic) bond motifs is 1. The molecule has 0 N–H and O–H groups in total. The van der Waals surface area contributed by atoms with Crippen LogP contribution in [0.25, 0.3) is 11.0 Å². The normalized spacial score (nSPS) is 11.9. The minimum absolute atomic E-state index is 0.259. The van der Waals surface area contributed by atoms with Crippen LogP contribution in [-0.4, -0.2) is 14.6 Å². The van der Waals surface area contributed by atoms with E-state index in [4.69, 9.17) is 0 Å². The maximum Gasteiger partial charge on any atom is 0.296 e. The molecule has 4 aromatic rings. The highest BCUT2D eigenvalue weighted by atomic mass is 32.1. The molecule has 25 heavy (non-hydrogen) atoms. The molecule has 5 nitrogen and oxygen atoms in total. The van der Waals surface area contributed by atoms with E-state index in [-0.39, 0.29) is 11.3 Å². The summed E-state index contributed by atoms with van der Waals surface area (Å²) in [5.74, 6) is 0. The molecule has 0 aliphatic rings. The Balaban J connectivity index is 1.84. The van der Waals surface area contributed by atoms with Gasteiger partial charge >= 0.3 is 0 Å². The Morgan fingerprint density at radius 3 is 2.36 bits per heavy atom. The summed E-state index contributed by atoms with van der Waals surface area (Å²) in [6.07, 6.45) is 2.13. The summed E-state index contributed by atoms with van der Waals surface area (Å²) >= 11 is 1.17. The van der Waals surface area contributed by atoms with E-state index in [2.05, 4.69) is 10.1 Å². The smallest absolute Gasteiger partial charge is 0.266 e. The number of hydrogen-bond acceptors (Lipinski definition) is 5. The van der Waals surface area contributed by atoms with Crippen LogP contribution in [0.2, 0.25) is 0 Å². The summed E-state index contributed by atoms with van der Waals surface area (Å²) in [4.78, 5) is 29.2. The van der Waals surface area contributed by atoms with E-state index in [9.17, 15) is 9.59 Å². The molecule has 6 heteroatoms. The van der Waals surface area contributed by atoms with Crippen LogP contribution in [0.15, 0.2) is 70.3 Å². The van der Waals surface area contributed by atoms with Crippen LogP contribution in [0.3, 0.4) is 0 Å². The highest BCUT2D eigenvalue weighted by molar-refractivity contribution is 7.15. The van der Waals surface area contributed by atoms with Gasteiger partial charge < -0.3 is 0 Å². The van der Waals surface area contributed by atoms with Gasteiger partial charge in [0.05, 0.1) is 4.53 Å². The van der Waals surface area contributed by atoms with Crippen molar-refractivity contribution in [2.75, 3.05) is 0 Å². The topological polar surface area (TPSA) is 64.3 Å². The SMILES string of the molecule is O=c1nc2sc(=Cc3ccccc3)c(=O)n2nc1Cc1ccccc1. The number of thiazole rings is 1. The second-order valence-electron chi connectivity index (χ2n) is 5.55. The molecule has 4 rings (SSSR count). The first-order valence-corrected chi connectivity index (χ1v) is 8.56. The number of nitrogens with zero attached hydrogens (tertiary/aromatic N) is 3. The molecule has 0 unspecified atom stereocenters. The quantitative estimate of drug-likeness (QED) is 0.565. The molecule has 2 heterocycles. The van der Waals surface area contributed by atoms with Crippen LogP contribution < -0.4 is 15.7 Å². The Kier molecular flexibility index (Phi) is 3.95. The molecule has 2 aromatic heterocycles. The van der Waals surface area contributed by atoms with Crippen molar-refractivity contribution in [3.63, 3.8) is 0 Å². The molecular formula is C19H13N3O2S. The van der Waals surface area contributed by atoms with Gasteiger partial charge in [-0.2, -0.15) is 14.6 Å². The molecule has 0 amide bonds. The third-order valence-corrected chi connectivity index (χ3v) is 4.72. The van der Waals surface area contributed by atoms with E-state index in [0.29, 0.717) is 15.9 Å². The Morgan fingerprint density at radius 2 is 1.64 bits per heavy atom. The van der Waals surface area contributed by atoms with Gasteiger partial charge in [-0.3, -0.25) is 9.59 Å². The van der Waals surface area contributed by atoms with Crippen molar-refractivity contribution in [1.29, 1.82) is 0 Å². The van der Waals surface area contributed by atoms with E-state index in [1.54, 1.807) is 6.08 Å². The van der Waals surface area contributed by atoms with E-state index >= 15 is 0 Å². The highest BCUT2D eigenvalue weighted by Crippen LogP contribution is 2.05. The first-order valence-electron chi connectivity index (χ1n) is 7.74. The monoisotopic (exact) mass is 347 g/mol. The van der Waals surface area contributed by atoms with Gasteiger partial charge in [-0.15, -0.1) is 0 Å². The molecule has 0 fully saturated rings. The van der Waals surface area contributed by atoms with Crippen molar-refractivity contribution in [3.8, 4) is 0 Å². The van der Waals surface area contributed by atoms with Crippen LogP contribution >= 0.6 is 11.3 Å². The van der Waals surface area contributed by atoms with Gasteiger partial charge in [0.2, 0.25) is 4.96 Å². The summed E-state index contributed by atoms with van der Waals surface area (Å²) in [7, 11) is 0. The van der Waals surface area contributed by atoms with Crippen LogP contribution in [-0.2, 0) is 6.42 Å². The average Bonchev–Trinajstić information content (AvgIpc) is 2.92. The van der Waals surface area contributed by atoms with Gasteiger partial charge in [-0.25, -0.2) is 0 Å². The highest BCUT2D eigenvalue weighted by Gasteiger charge is 2.11. The predicted octanol–water partition coefficient (Wildman–Crippen LogP) is 1.65. The van der Waals surface area contributed by atoms with Gasteiger partial charge in [0.1, 0.15) is 5.69 Å². The lowest BCUT2D eigenvalue weighted by atomic mass is 10.1. The Hall–Kier alpha value is -3.12. The molecule has 122 valence electrons. The van der Waals surface area contributed by atoms with Gasteiger partial charge in [0, 0.05) is 6.42 Å². The molecule has 0 spiro atoms. The van der Waals surface area contributed by atoms with Gasteiger partial charge in [0.25, 0.3) is 11.1 Å². The van der Waals surface area contributed by atoms with Gasteiger partial charge in [-0.1, -0.05) is 72.0 Å². The zero-order chi connectivity index (χ0) is 17.2. The standard InChI is InChI=1S/C19H13N3O2S/c23-17-15(11-13-7-3-1-4-8-13)21-22-18(24)16(25-19(22)20-17)12-14-9-5-2-6-10-14/h1-10,12H,11H2. The fourth-order valence-electron chi connectivity index (χ4n) is 2.54. The lowest BCUT2D eigenvalue weighted by Crippen LogP contribution is -2.28. The number of hydrogen-bond donors (Lipinski definition) is 0. The van der Waals surface area contributed by atoms with Gasteiger partial charge in [-0.05, 0) is 17.2 Å². The minimum atomic E-state index is -0.392. The van der Waals surface area contributed by atoms with E-state index in [1.807, 2.05) is 60.7 Å². The Labute approximate surface area is 146 Å². The first kappa shape index (κ1) is 15.4. The van der Waals surface area contributed by atoms with Crippen LogP contribution in [0.1, 0.15) is 16.8 Å². The fourth-order valence-corrected chi connectivity index (χ4v) is 3.45. The second kappa shape index (κ2) is 6.41. The average molecular weight is 347 g/mol. The fraction of sp³-hybridized carbons (Fsp3) is 0.0526. The molecule has 0 bridgehead atoms. The summed E-state index contributed by atoms with van der Waals surface area (Å²) in [6, 6.07) is 19.1. The van der Waals surface area contributed by atoms with Gasteiger partial charge in [0.15, 0.2) is 0 Å². The molecule has 0 saturated heterocycles. The lowest BCUT2D eigenvalue weighted by Gasteiger charge is -1.99. The third-order valence-electron chi connectivity index (χ3n) is 3.76. The van der Waals surface area contributed by atoms with Crippen molar-refractivity contribution in [1.82, 2.24) is 14.6 Å². The van der Waals surface area contributed by atoms with Crippen LogP contribution in [0, 0.1) is 0 Å². The summed E-state index contributed by atoms with van der Waals surface area (Å²) in [5.41, 5.74) is 1.48. The molecule has 0 aliphatic carbocycles. The molecule has 2 aromatic carbocycles. The summed E-state index contributed by atoms with van der Waals surface area (Å²) in [6.45, 7) is 0. The molecule has 0 radical (unpaired) electrons. The van der Waals surface area contributed by atoms with Crippen LogP contribution in [0.4, 0.5) is 0 Å². The van der Waals surface area contributed by atoms with E-state index in [0.717, 1.165) is 11.1 Å². The maximum absolute atomic E-state index is 12.6. The Bertz CT molecular complexity index is 1200. The number of benzene rings is 2. The third kappa shape index (κ3) is 3.12. The molecule has 0 aliphatic heterocycles. The minimum Gasteiger partial charge on any atom is -0.266 e. The van der Waals surface area contributed by atoms with Crippen molar-refractivity contribution in [3.05, 3.63) is 103 Å². The van der Waals surface area contributed by atoms with Crippen molar-refractivity contribution < 1.29 is 0 Å². The van der Waals surface area contributed by atoms with E-state index < -0.39 is 5.56 Å². The number of aromatic nitrogens is 3. The zero-order valence-electron chi connectivity index (χ0n) is 13.1. The molecule has 0 atom stereocenters. The van der Waals surface area contributed by atoms with Crippen molar-refractivity contribution in [2.45, 2.75) is 6.42 Å². The molecule has 0 saturated carbocycles. The zero-order valence-corrected chi connectivity index (χ0v) is 13.9. The lowest BCUT2D eigenvalue weighted by molar-refractivity contribution is 0.811. The summed E-state index contributed by atoms with van der Waals surface area (Å²) in [5, 5.41) is 4.25. The summed E-state index contributed by atoms with van der Waals surface area (Å²) < 4.78 is 1.72. The van der Waals surface area contributed by atoms with E-state index in [1.165, 1.54) is 15.9 Å². The van der Waals surface area contributed by atoms with Crippen molar-refractivity contribution in [2.24, 2.45) is 0 Å². The molecular weight excluding hydrogens is 334 g/mol. The maximum atomic E-state index is 12.6. The first-order chi connectivity index (χ1) is 12.2. The van der Waals surface area contributed by atoms with Crippen LogP contribution in [0.5, 0.6) is 0 Å². The largest absolute Gasteiger partial charge is 0.296 e. The van der Waals surface area contributed by atoms with Crippen molar-refractivity contribution >= 4 is 22.4 Å².